The average Bonchev–Trinajstić information content (AvgIpc) is 2.40. The molecule has 0 saturated heterocycles. The van der Waals surface area contributed by atoms with Gasteiger partial charge in [0.1, 0.15) is 0 Å². The van der Waals surface area contributed by atoms with E-state index >= 15 is 0 Å². The van der Waals surface area contributed by atoms with E-state index in [0.29, 0.717) is 6.42 Å². The first-order valence-corrected chi connectivity index (χ1v) is 7.36. The standard InChI is InChI=1S/C16H27N3O/c1-19(2)13-14-9-6-7-10-15(14)18-16(20)11-5-3-4-8-12-17/h6-7,9-10H,3-5,8,11-13,17H2,1-2H3,(H,18,20). The molecule has 1 aromatic rings. The summed E-state index contributed by atoms with van der Waals surface area (Å²) in [4.78, 5) is 14.0. The van der Waals surface area contributed by atoms with Gasteiger partial charge in [-0.05, 0) is 45.1 Å². The van der Waals surface area contributed by atoms with Gasteiger partial charge in [0.25, 0.3) is 0 Å². The number of benzene rings is 1. The van der Waals surface area contributed by atoms with Crippen LogP contribution in [0.25, 0.3) is 0 Å². The molecule has 0 unspecified atom stereocenters. The molecule has 4 heteroatoms. The smallest absolute Gasteiger partial charge is 0.224 e. The number of nitrogens with zero attached hydrogens (tertiary/aromatic N) is 1. The van der Waals surface area contributed by atoms with E-state index in [1.807, 2.05) is 32.3 Å². The van der Waals surface area contributed by atoms with Crippen molar-refractivity contribution in [2.45, 2.75) is 38.6 Å². The lowest BCUT2D eigenvalue weighted by molar-refractivity contribution is -0.116. The zero-order chi connectivity index (χ0) is 14.8. The molecule has 1 amide bonds. The highest BCUT2D eigenvalue weighted by Crippen LogP contribution is 2.17. The van der Waals surface area contributed by atoms with Crippen LogP contribution >= 0.6 is 0 Å². The number of para-hydroxylation sites is 1. The molecule has 0 spiro atoms. The largest absolute Gasteiger partial charge is 0.330 e. The van der Waals surface area contributed by atoms with Crippen molar-refractivity contribution < 1.29 is 4.79 Å². The molecule has 1 aromatic carbocycles. The van der Waals surface area contributed by atoms with E-state index in [-0.39, 0.29) is 5.91 Å². The third-order valence-corrected chi connectivity index (χ3v) is 3.14. The number of hydrogen-bond acceptors (Lipinski definition) is 3. The third-order valence-electron chi connectivity index (χ3n) is 3.14. The highest BCUT2D eigenvalue weighted by atomic mass is 16.1. The molecular weight excluding hydrogens is 250 g/mol. The lowest BCUT2D eigenvalue weighted by Gasteiger charge is -2.14. The Morgan fingerprint density at radius 3 is 2.55 bits per heavy atom. The number of carbonyl (C=O) groups excluding carboxylic acids is 1. The molecule has 0 bridgehead atoms. The Hall–Kier alpha value is -1.39. The maximum Gasteiger partial charge on any atom is 0.224 e. The highest BCUT2D eigenvalue weighted by molar-refractivity contribution is 5.91. The summed E-state index contributed by atoms with van der Waals surface area (Å²) in [5, 5.41) is 3.02. The summed E-state index contributed by atoms with van der Waals surface area (Å²) in [7, 11) is 4.05. The number of nitrogens with two attached hydrogens (primary N) is 1. The molecule has 0 heterocycles. The molecule has 0 atom stereocenters. The Kier molecular flexibility index (Phi) is 7.92. The van der Waals surface area contributed by atoms with E-state index in [1.165, 1.54) is 0 Å². The minimum absolute atomic E-state index is 0.101. The normalized spacial score (nSPS) is 10.8. The lowest BCUT2D eigenvalue weighted by Crippen LogP contribution is -2.16. The first-order chi connectivity index (χ1) is 9.63. The Morgan fingerprint density at radius 2 is 1.85 bits per heavy atom. The third kappa shape index (κ3) is 6.68. The summed E-state index contributed by atoms with van der Waals surface area (Å²) in [6.07, 6.45) is 4.75. The van der Waals surface area contributed by atoms with Crippen LogP contribution in [0.4, 0.5) is 5.69 Å². The first-order valence-electron chi connectivity index (χ1n) is 7.36. The van der Waals surface area contributed by atoms with Crippen molar-refractivity contribution >= 4 is 11.6 Å². The van der Waals surface area contributed by atoms with Gasteiger partial charge in [0.15, 0.2) is 0 Å². The van der Waals surface area contributed by atoms with Gasteiger partial charge >= 0.3 is 0 Å². The molecule has 0 aliphatic rings. The van der Waals surface area contributed by atoms with Crippen LogP contribution in [0.1, 0.15) is 37.7 Å². The molecule has 0 saturated carbocycles. The second-order valence-corrected chi connectivity index (χ2v) is 5.40. The monoisotopic (exact) mass is 277 g/mol. The van der Waals surface area contributed by atoms with Crippen molar-refractivity contribution in [1.29, 1.82) is 0 Å². The quantitative estimate of drug-likeness (QED) is 0.682. The van der Waals surface area contributed by atoms with Gasteiger partial charge in [-0.25, -0.2) is 0 Å². The van der Waals surface area contributed by atoms with E-state index < -0.39 is 0 Å². The summed E-state index contributed by atoms with van der Waals surface area (Å²) in [6, 6.07) is 7.97. The van der Waals surface area contributed by atoms with Crippen LogP contribution in [0.3, 0.4) is 0 Å². The SMILES string of the molecule is CN(C)Cc1ccccc1NC(=O)CCCCCCN. The first kappa shape index (κ1) is 16.7. The topological polar surface area (TPSA) is 58.4 Å². The number of rotatable bonds is 9. The number of unbranched alkanes of at least 4 members (excludes halogenated alkanes) is 3. The summed E-state index contributed by atoms with van der Waals surface area (Å²) < 4.78 is 0. The summed E-state index contributed by atoms with van der Waals surface area (Å²) in [6.45, 7) is 1.57. The maximum absolute atomic E-state index is 11.9. The van der Waals surface area contributed by atoms with Crippen LogP contribution in [0.15, 0.2) is 24.3 Å². The van der Waals surface area contributed by atoms with Gasteiger partial charge < -0.3 is 16.0 Å². The molecule has 0 radical (unpaired) electrons. The van der Waals surface area contributed by atoms with Crippen LogP contribution in [-0.4, -0.2) is 31.4 Å². The molecule has 1 rings (SSSR count). The minimum Gasteiger partial charge on any atom is -0.330 e. The van der Waals surface area contributed by atoms with Gasteiger partial charge in [-0.2, -0.15) is 0 Å². The van der Waals surface area contributed by atoms with Crippen molar-refractivity contribution in [3.8, 4) is 0 Å². The van der Waals surface area contributed by atoms with Gasteiger partial charge in [-0.1, -0.05) is 31.0 Å². The second kappa shape index (κ2) is 9.50. The van der Waals surface area contributed by atoms with Crippen molar-refractivity contribution in [2.75, 3.05) is 26.0 Å². The van der Waals surface area contributed by atoms with Gasteiger partial charge in [-0.15, -0.1) is 0 Å². The molecule has 112 valence electrons. The predicted molar refractivity (Wildman–Crippen MR) is 84.6 cm³/mol. The van der Waals surface area contributed by atoms with Crippen LogP contribution in [0.5, 0.6) is 0 Å². The fraction of sp³-hybridized carbons (Fsp3) is 0.562. The Morgan fingerprint density at radius 1 is 1.15 bits per heavy atom. The fourth-order valence-electron chi connectivity index (χ4n) is 2.12. The van der Waals surface area contributed by atoms with Crippen LogP contribution in [-0.2, 0) is 11.3 Å². The second-order valence-electron chi connectivity index (χ2n) is 5.40. The van der Waals surface area contributed by atoms with Gasteiger partial charge in [0.05, 0.1) is 0 Å². The molecular formula is C16H27N3O. The van der Waals surface area contributed by atoms with Crippen molar-refractivity contribution in [3.63, 3.8) is 0 Å². The Labute approximate surface area is 122 Å². The number of amides is 1. The predicted octanol–water partition coefficient (Wildman–Crippen LogP) is 2.60. The number of nitrogens with one attached hydrogen (secondary N) is 1. The van der Waals surface area contributed by atoms with Crippen LogP contribution < -0.4 is 11.1 Å². The van der Waals surface area contributed by atoms with E-state index in [2.05, 4.69) is 16.3 Å². The van der Waals surface area contributed by atoms with Crippen LogP contribution in [0, 0.1) is 0 Å². The zero-order valence-corrected chi connectivity index (χ0v) is 12.7. The number of anilines is 1. The van der Waals surface area contributed by atoms with Gasteiger partial charge in [0.2, 0.25) is 5.91 Å². The van der Waals surface area contributed by atoms with Crippen molar-refractivity contribution in [3.05, 3.63) is 29.8 Å². The molecule has 0 aliphatic carbocycles. The van der Waals surface area contributed by atoms with E-state index in [1.54, 1.807) is 0 Å². The van der Waals surface area contributed by atoms with E-state index in [9.17, 15) is 4.79 Å². The fourth-order valence-corrected chi connectivity index (χ4v) is 2.12. The summed E-state index contributed by atoms with van der Waals surface area (Å²) in [5.74, 6) is 0.101. The molecule has 3 N–H and O–H groups in total. The van der Waals surface area contributed by atoms with E-state index in [0.717, 1.165) is 50.0 Å². The molecule has 0 aliphatic heterocycles. The van der Waals surface area contributed by atoms with Crippen LogP contribution in [0.2, 0.25) is 0 Å². The Bertz CT molecular complexity index is 404. The van der Waals surface area contributed by atoms with E-state index in [4.69, 9.17) is 5.73 Å². The maximum atomic E-state index is 11.9. The molecule has 0 aromatic heterocycles. The van der Waals surface area contributed by atoms with Crippen molar-refractivity contribution in [1.82, 2.24) is 4.90 Å². The lowest BCUT2D eigenvalue weighted by atomic mass is 10.1. The summed E-state index contributed by atoms with van der Waals surface area (Å²) >= 11 is 0. The summed E-state index contributed by atoms with van der Waals surface area (Å²) in [5.41, 5.74) is 7.52. The average molecular weight is 277 g/mol. The minimum atomic E-state index is 0.101. The number of hydrogen-bond donors (Lipinski definition) is 2. The van der Waals surface area contributed by atoms with Gasteiger partial charge in [0, 0.05) is 18.7 Å². The van der Waals surface area contributed by atoms with Gasteiger partial charge in [-0.3, -0.25) is 4.79 Å². The molecule has 4 nitrogen and oxygen atoms in total. The Balaban J connectivity index is 2.41. The number of carbonyl (C=O) groups is 1. The zero-order valence-electron chi connectivity index (χ0n) is 12.7. The van der Waals surface area contributed by atoms with Crippen molar-refractivity contribution in [2.24, 2.45) is 5.73 Å². The molecule has 20 heavy (non-hydrogen) atoms. The highest BCUT2D eigenvalue weighted by Gasteiger charge is 2.07. The molecule has 0 fully saturated rings.